The zero-order chi connectivity index (χ0) is 30.7. The number of benzene rings is 3. The van der Waals surface area contributed by atoms with Crippen LogP contribution in [0.3, 0.4) is 0 Å². The van der Waals surface area contributed by atoms with Crippen molar-refractivity contribution in [1.82, 2.24) is 4.57 Å². The lowest BCUT2D eigenvalue weighted by Crippen LogP contribution is -2.40. The second-order valence-electron chi connectivity index (χ2n) is 9.44. The highest BCUT2D eigenvalue weighted by Crippen LogP contribution is 2.35. The molecule has 11 heteroatoms. The van der Waals surface area contributed by atoms with Crippen LogP contribution < -0.4 is 24.4 Å². The first-order valence-electron chi connectivity index (χ1n) is 13.2. The summed E-state index contributed by atoms with van der Waals surface area (Å²) >= 11 is 8.28. The molecule has 1 aliphatic rings. The van der Waals surface area contributed by atoms with Crippen molar-refractivity contribution in [1.29, 1.82) is 5.26 Å². The van der Waals surface area contributed by atoms with E-state index in [1.165, 1.54) is 15.9 Å². The van der Waals surface area contributed by atoms with Crippen molar-refractivity contribution in [3.8, 4) is 17.6 Å². The molecule has 1 aliphatic heterocycles. The van der Waals surface area contributed by atoms with E-state index in [1.54, 1.807) is 45.2 Å². The van der Waals surface area contributed by atoms with E-state index < -0.39 is 12.0 Å². The van der Waals surface area contributed by atoms with Crippen molar-refractivity contribution >= 4 is 55.2 Å². The summed E-state index contributed by atoms with van der Waals surface area (Å²) in [5.41, 5.74) is 3.11. The summed E-state index contributed by atoms with van der Waals surface area (Å²) in [6, 6.07) is 19.6. The van der Waals surface area contributed by atoms with Crippen LogP contribution in [-0.4, -0.2) is 24.3 Å². The summed E-state index contributed by atoms with van der Waals surface area (Å²) in [6.07, 6.45) is 1.75. The Balaban J connectivity index is 1.64. The SMILES string of the molecule is CCOC(=O)C1=C(C)N=c2s/c(=C/c3cc(Br)ccc3OCc3ccccc3C#N)c(=O)n2[C@@H]1c1ccc(OC)c(Br)c1. The van der Waals surface area contributed by atoms with Crippen LogP contribution in [0.25, 0.3) is 6.08 Å². The van der Waals surface area contributed by atoms with Gasteiger partial charge in [0, 0.05) is 15.6 Å². The predicted octanol–water partition coefficient (Wildman–Crippen LogP) is 5.78. The predicted molar refractivity (Wildman–Crippen MR) is 171 cm³/mol. The molecule has 4 aromatic rings. The summed E-state index contributed by atoms with van der Waals surface area (Å²) in [5.74, 6) is 0.630. The van der Waals surface area contributed by atoms with Crippen molar-refractivity contribution < 1.29 is 19.0 Å². The molecule has 0 N–H and O–H groups in total. The number of nitrogens with zero attached hydrogens (tertiary/aromatic N) is 3. The Morgan fingerprint density at radius 1 is 1.14 bits per heavy atom. The summed E-state index contributed by atoms with van der Waals surface area (Å²) in [7, 11) is 1.57. The largest absolute Gasteiger partial charge is 0.496 e. The van der Waals surface area contributed by atoms with E-state index in [0.717, 1.165) is 10.0 Å². The number of hydrogen-bond acceptors (Lipinski definition) is 8. The molecule has 0 saturated carbocycles. The fourth-order valence-electron chi connectivity index (χ4n) is 4.78. The second kappa shape index (κ2) is 13.1. The Morgan fingerprint density at radius 2 is 1.91 bits per heavy atom. The van der Waals surface area contributed by atoms with Gasteiger partial charge in [-0.05, 0) is 77.8 Å². The second-order valence-corrected chi connectivity index (χ2v) is 12.2. The lowest BCUT2D eigenvalue weighted by Gasteiger charge is -2.25. The Bertz CT molecular complexity index is 1990. The van der Waals surface area contributed by atoms with E-state index in [-0.39, 0.29) is 18.8 Å². The van der Waals surface area contributed by atoms with Crippen molar-refractivity contribution in [2.75, 3.05) is 13.7 Å². The summed E-state index contributed by atoms with van der Waals surface area (Å²) < 4.78 is 20.4. The van der Waals surface area contributed by atoms with Crippen molar-refractivity contribution in [3.63, 3.8) is 0 Å². The van der Waals surface area contributed by atoms with Crippen LogP contribution in [0.4, 0.5) is 0 Å². The van der Waals surface area contributed by atoms with Gasteiger partial charge in [0.15, 0.2) is 4.80 Å². The van der Waals surface area contributed by atoms with Crippen molar-refractivity contribution in [3.05, 3.63) is 123 Å². The van der Waals surface area contributed by atoms with Gasteiger partial charge in [0.05, 0.1) is 51.7 Å². The number of carbonyl (C=O) groups is 1. The molecule has 5 rings (SSSR count). The van der Waals surface area contributed by atoms with Crippen LogP contribution in [0.2, 0.25) is 0 Å². The molecule has 0 bridgehead atoms. The summed E-state index contributed by atoms with van der Waals surface area (Å²) in [6.45, 7) is 3.85. The molecular weight excluding hydrogens is 698 g/mol. The maximum Gasteiger partial charge on any atom is 0.338 e. The quantitative estimate of drug-likeness (QED) is 0.214. The van der Waals surface area contributed by atoms with Gasteiger partial charge in [-0.3, -0.25) is 9.36 Å². The van der Waals surface area contributed by atoms with Crippen LogP contribution >= 0.6 is 43.2 Å². The van der Waals surface area contributed by atoms with Gasteiger partial charge in [0.25, 0.3) is 5.56 Å². The molecule has 1 atom stereocenters. The van der Waals surface area contributed by atoms with Crippen molar-refractivity contribution in [2.45, 2.75) is 26.5 Å². The zero-order valence-electron chi connectivity index (χ0n) is 23.4. The van der Waals surface area contributed by atoms with E-state index >= 15 is 0 Å². The number of allylic oxidation sites excluding steroid dienone is 1. The highest BCUT2D eigenvalue weighted by Gasteiger charge is 2.33. The van der Waals surface area contributed by atoms with Crippen LogP contribution in [0.15, 0.2) is 90.7 Å². The molecule has 3 aromatic carbocycles. The van der Waals surface area contributed by atoms with E-state index in [1.807, 2.05) is 42.5 Å². The lowest BCUT2D eigenvalue weighted by molar-refractivity contribution is -0.139. The molecule has 1 aromatic heterocycles. The minimum Gasteiger partial charge on any atom is -0.496 e. The topological polar surface area (TPSA) is 103 Å². The molecule has 0 saturated heterocycles. The number of nitriles is 1. The fraction of sp³-hybridized carbons (Fsp3) is 0.188. The monoisotopic (exact) mass is 721 g/mol. The highest BCUT2D eigenvalue weighted by atomic mass is 79.9. The highest BCUT2D eigenvalue weighted by molar-refractivity contribution is 9.10. The van der Waals surface area contributed by atoms with E-state index in [0.29, 0.717) is 53.3 Å². The number of rotatable bonds is 8. The maximum absolute atomic E-state index is 14.1. The van der Waals surface area contributed by atoms with Gasteiger partial charge in [-0.1, -0.05) is 51.5 Å². The third-order valence-electron chi connectivity index (χ3n) is 6.79. The number of thiazole rings is 1. The summed E-state index contributed by atoms with van der Waals surface area (Å²) in [5, 5.41) is 9.46. The number of hydrogen-bond donors (Lipinski definition) is 0. The zero-order valence-corrected chi connectivity index (χ0v) is 27.4. The average molecular weight is 723 g/mol. The minimum absolute atomic E-state index is 0.182. The molecule has 0 unspecified atom stereocenters. The molecule has 0 spiro atoms. The van der Waals surface area contributed by atoms with E-state index in [9.17, 15) is 14.9 Å². The Labute approximate surface area is 268 Å². The molecule has 43 heavy (non-hydrogen) atoms. The molecule has 0 radical (unpaired) electrons. The first-order valence-corrected chi connectivity index (χ1v) is 15.6. The van der Waals surface area contributed by atoms with Gasteiger partial charge in [-0.2, -0.15) is 5.26 Å². The van der Waals surface area contributed by atoms with Gasteiger partial charge in [-0.15, -0.1) is 0 Å². The minimum atomic E-state index is -0.764. The van der Waals surface area contributed by atoms with E-state index in [4.69, 9.17) is 14.2 Å². The molecule has 8 nitrogen and oxygen atoms in total. The van der Waals surface area contributed by atoms with Gasteiger partial charge >= 0.3 is 5.97 Å². The Morgan fingerprint density at radius 3 is 2.63 bits per heavy atom. The van der Waals surface area contributed by atoms with Crippen LogP contribution in [0.1, 0.15) is 42.1 Å². The van der Waals surface area contributed by atoms with Gasteiger partial charge in [-0.25, -0.2) is 9.79 Å². The summed E-state index contributed by atoms with van der Waals surface area (Å²) in [4.78, 5) is 32.4. The molecule has 0 fully saturated rings. The first kappa shape index (κ1) is 30.5. The number of ether oxygens (including phenoxy) is 3. The smallest absolute Gasteiger partial charge is 0.338 e. The fourth-order valence-corrected chi connectivity index (χ4v) is 6.75. The van der Waals surface area contributed by atoms with Crippen LogP contribution in [0, 0.1) is 11.3 Å². The third kappa shape index (κ3) is 6.22. The number of halogens is 2. The van der Waals surface area contributed by atoms with Gasteiger partial charge in [0.1, 0.15) is 18.1 Å². The molecule has 218 valence electrons. The van der Waals surface area contributed by atoms with Crippen LogP contribution in [0.5, 0.6) is 11.5 Å². The van der Waals surface area contributed by atoms with Gasteiger partial charge in [0.2, 0.25) is 0 Å². The molecule has 0 amide bonds. The third-order valence-corrected chi connectivity index (χ3v) is 8.88. The Hall–Kier alpha value is -3.98. The normalized spacial score (nSPS) is 14.5. The molecular formula is C32H25Br2N3O5S. The number of aromatic nitrogens is 1. The number of carbonyl (C=O) groups excluding carboxylic acids is 1. The van der Waals surface area contributed by atoms with Gasteiger partial charge < -0.3 is 14.2 Å². The first-order chi connectivity index (χ1) is 20.7. The van der Waals surface area contributed by atoms with Crippen molar-refractivity contribution in [2.24, 2.45) is 4.99 Å². The average Bonchev–Trinajstić information content (AvgIpc) is 3.30. The molecule has 2 heterocycles. The van der Waals surface area contributed by atoms with E-state index in [2.05, 4.69) is 42.9 Å². The number of esters is 1. The lowest BCUT2D eigenvalue weighted by atomic mass is 9.96. The van der Waals surface area contributed by atoms with Crippen LogP contribution in [-0.2, 0) is 16.1 Å². The number of fused-ring (bicyclic) bond motifs is 1. The molecule has 0 aliphatic carbocycles. The number of methoxy groups -OCH3 is 1. The standard InChI is InChI=1S/C32H25Br2N3O5S/c1-4-41-31(39)28-18(2)36-32-37(29(28)19-9-11-26(40-3)24(34)14-19)30(38)27(43-32)15-22-13-23(33)10-12-25(22)42-17-21-8-6-5-7-20(21)16-35/h5-15,29H,4,17H2,1-3H3/b27-15+/t29-/m1/s1. The Kier molecular flexibility index (Phi) is 9.30. The maximum atomic E-state index is 14.1.